The molecule has 7 nitrogen and oxygen atoms in total. The number of aromatic nitrogens is 2. The van der Waals surface area contributed by atoms with Crippen LogP contribution < -0.4 is 38.2 Å². The molecule has 1 aliphatic rings. The summed E-state index contributed by atoms with van der Waals surface area (Å²) in [5.41, 5.74) is 0.943. The number of anilines is 1. The van der Waals surface area contributed by atoms with Crippen molar-refractivity contribution in [1.82, 2.24) is 4.57 Å². The first-order chi connectivity index (χ1) is 10.6. The SMILES string of the molecule is COC(=O)c1ccc2c(c1)N(C(=O)n1cc[n+](C)c1)CCO2.[I-]. The zero-order valence-electron chi connectivity index (χ0n) is 12.7. The molecular formula is C15H16IN3O4. The summed E-state index contributed by atoms with van der Waals surface area (Å²) >= 11 is 0. The smallest absolute Gasteiger partial charge is 0.420 e. The van der Waals surface area contributed by atoms with Gasteiger partial charge in [0.15, 0.2) is 0 Å². The van der Waals surface area contributed by atoms with Gasteiger partial charge < -0.3 is 33.5 Å². The minimum Gasteiger partial charge on any atom is -1.00 e. The lowest BCUT2D eigenvalue weighted by Gasteiger charge is -2.27. The molecule has 2 aromatic rings. The number of esters is 1. The van der Waals surface area contributed by atoms with Gasteiger partial charge in [0.25, 0.3) is 6.33 Å². The van der Waals surface area contributed by atoms with Crippen molar-refractivity contribution in [1.29, 1.82) is 0 Å². The van der Waals surface area contributed by atoms with E-state index in [-0.39, 0.29) is 30.0 Å². The van der Waals surface area contributed by atoms with Crippen molar-refractivity contribution in [3.05, 3.63) is 42.5 Å². The second-order valence-electron chi connectivity index (χ2n) is 4.94. The van der Waals surface area contributed by atoms with Crippen molar-refractivity contribution in [3.63, 3.8) is 0 Å². The number of imidazole rings is 1. The number of benzene rings is 1. The van der Waals surface area contributed by atoms with E-state index in [4.69, 9.17) is 9.47 Å². The van der Waals surface area contributed by atoms with Crippen LogP contribution in [0.1, 0.15) is 10.4 Å². The first-order valence-electron chi connectivity index (χ1n) is 6.80. The summed E-state index contributed by atoms with van der Waals surface area (Å²) in [6.07, 6.45) is 5.15. The summed E-state index contributed by atoms with van der Waals surface area (Å²) in [5.74, 6) is 0.122. The van der Waals surface area contributed by atoms with E-state index in [1.807, 2.05) is 7.05 Å². The van der Waals surface area contributed by atoms with Crippen molar-refractivity contribution >= 4 is 17.7 Å². The Morgan fingerprint density at radius 2 is 2.13 bits per heavy atom. The van der Waals surface area contributed by atoms with E-state index in [1.165, 1.54) is 11.7 Å². The molecule has 0 N–H and O–H groups in total. The maximum atomic E-state index is 12.6. The molecule has 0 radical (unpaired) electrons. The Balaban J connectivity index is 0.00000192. The third kappa shape index (κ3) is 3.31. The fourth-order valence-electron chi connectivity index (χ4n) is 2.36. The summed E-state index contributed by atoms with van der Waals surface area (Å²) in [7, 11) is 3.16. The van der Waals surface area contributed by atoms with Crippen LogP contribution in [0.3, 0.4) is 0 Å². The Bertz CT molecular complexity index is 744. The predicted octanol–water partition coefficient (Wildman–Crippen LogP) is -2.03. The highest BCUT2D eigenvalue weighted by Crippen LogP contribution is 2.33. The minimum absolute atomic E-state index is 0. The highest BCUT2D eigenvalue weighted by molar-refractivity contribution is 5.98. The van der Waals surface area contributed by atoms with Crippen LogP contribution in [0, 0.1) is 0 Å². The van der Waals surface area contributed by atoms with Gasteiger partial charge in [0.2, 0.25) is 0 Å². The third-order valence-corrected chi connectivity index (χ3v) is 3.46. The average Bonchev–Trinajstić information content (AvgIpc) is 2.98. The molecule has 0 saturated heterocycles. The summed E-state index contributed by atoms with van der Waals surface area (Å²) in [4.78, 5) is 25.9. The quantitative estimate of drug-likeness (QED) is 0.298. The summed E-state index contributed by atoms with van der Waals surface area (Å²) in [6.45, 7) is 0.821. The van der Waals surface area contributed by atoms with Crippen LogP contribution in [-0.4, -0.2) is 36.8 Å². The molecule has 3 rings (SSSR count). The Hall–Kier alpha value is -2.10. The fraction of sp³-hybridized carbons (Fsp3) is 0.267. The predicted molar refractivity (Wildman–Crippen MR) is 77.0 cm³/mol. The lowest BCUT2D eigenvalue weighted by Crippen LogP contribution is -3.00. The van der Waals surface area contributed by atoms with Crippen molar-refractivity contribution in [2.45, 2.75) is 0 Å². The van der Waals surface area contributed by atoms with Gasteiger partial charge in [-0.05, 0) is 18.2 Å². The Kier molecular flexibility index (Phi) is 5.24. The Labute approximate surface area is 150 Å². The van der Waals surface area contributed by atoms with Gasteiger partial charge in [-0.1, -0.05) is 0 Å². The van der Waals surface area contributed by atoms with Gasteiger partial charge in [0.1, 0.15) is 24.8 Å². The molecule has 1 aromatic heterocycles. The summed E-state index contributed by atoms with van der Waals surface area (Å²) in [5, 5.41) is 0. The van der Waals surface area contributed by atoms with Gasteiger partial charge in [0.05, 0.1) is 32.0 Å². The molecule has 23 heavy (non-hydrogen) atoms. The lowest BCUT2D eigenvalue weighted by atomic mass is 10.1. The van der Waals surface area contributed by atoms with Crippen LogP contribution in [0.5, 0.6) is 5.75 Å². The topological polar surface area (TPSA) is 64.7 Å². The maximum Gasteiger partial charge on any atom is 0.420 e. The number of hydrogen-bond donors (Lipinski definition) is 0. The standard InChI is InChI=1S/C15H16N3O4.HI/c1-16-5-6-17(10-16)15(20)18-7-8-22-13-4-3-11(9-12(13)18)14(19)21-2;/h3-6,9-10H,7-8H2,1-2H3;1H/q+1;/p-1. The lowest BCUT2D eigenvalue weighted by molar-refractivity contribution is -0.670. The molecule has 0 atom stereocenters. The van der Waals surface area contributed by atoms with Crippen LogP contribution in [0.25, 0.3) is 0 Å². The highest BCUT2D eigenvalue weighted by atomic mass is 127. The number of nitrogens with zero attached hydrogens (tertiary/aromatic N) is 3. The first-order valence-corrected chi connectivity index (χ1v) is 6.80. The minimum atomic E-state index is -0.451. The van der Waals surface area contributed by atoms with Crippen LogP contribution in [-0.2, 0) is 11.8 Å². The third-order valence-electron chi connectivity index (χ3n) is 3.46. The molecule has 1 aromatic carbocycles. The van der Waals surface area contributed by atoms with E-state index < -0.39 is 5.97 Å². The molecule has 122 valence electrons. The number of aryl methyl sites for hydroxylation is 1. The normalized spacial score (nSPS) is 12.7. The van der Waals surface area contributed by atoms with Crippen molar-refractivity contribution < 1.29 is 47.6 Å². The number of ether oxygens (including phenoxy) is 2. The van der Waals surface area contributed by atoms with Crippen LogP contribution in [0.2, 0.25) is 0 Å². The molecule has 0 fully saturated rings. The molecule has 1 aliphatic heterocycles. The van der Waals surface area contributed by atoms with Crippen LogP contribution >= 0.6 is 0 Å². The molecule has 0 bridgehead atoms. The Morgan fingerprint density at radius 3 is 2.78 bits per heavy atom. The molecule has 8 heteroatoms. The summed E-state index contributed by atoms with van der Waals surface area (Å²) in [6, 6.07) is 4.71. The van der Waals surface area contributed by atoms with Gasteiger partial charge >= 0.3 is 12.0 Å². The van der Waals surface area contributed by atoms with Crippen molar-refractivity contribution in [2.24, 2.45) is 7.05 Å². The van der Waals surface area contributed by atoms with E-state index in [2.05, 4.69) is 0 Å². The molecule has 0 unspecified atom stereocenters. The van der Waals surface area contributed by atoms with E-state index in [0.29, 0.717) is 30.2 Å². The van der Waals surface area contributed by atoms with Gasteiger partial charge in [-0.15, -0.1) is 0 Å². The monoisotopic (exact) mass is 429 g/mol. The fourth-order valence-corrected chi connectivity index (χ4v) is 2.36. The molecule has 0 spiro atoms. The molecular weight excluding hydrogens is 413 g/mol. The number of carbonyl (C=O) groups excluding carboxylic acids is 2. The van der Waals surface area contributed by atoms with E-state index in [0.717, 1.165) is 0 Å². The Morgan fingerprint density at radius 1 is 1.35 bits per heavy atom. The number of hydrogen-bond acceptors (Lipinski definition) is 4. The van der Waals surface area contributed by atoms with E-state index in [9.17, 15) is 9.59 Å². The van der Waals surface area contributed by atoms with Crippen molar-refractivity contribution in [2.75, 3.05) is 25.2 Å². The highest BCUT2D eigenvalue weighted by Gasteiger charge is 2.29. The number of fused-ring (bicyclic) bond motifs is 1. The molecule has 0 saturated carbocycles. The second-order valence-corrected chi connectivity index (χ2v) is 4.94. The zero-order chi connectivity index (χ0) is 15.7. The second kappa shape index (κ2) is 6.99. The van der Waals surface area contributed by atoms with Crippen LogP contribution in [0.4, 0.5) is 10.5 Å². The molecule has 2 heterocycles. The number of carbonyl (C=O) groups is 2. The zero-order valence-corrected chi connectivity index (χ0v) is 14.9. The summed E-state index contributed by atoms with van der Waals surface area (Å²) < 4.78 is 13.5. The molecule has 0 aliphatic carbocycles. The van der Waals surface area contributed by atoms with Gasteiger partial charge in [0, 0.05) is 0 Å². The van der Waals surface area contributed by atoms with Crippen LogP contribution in [0.15, 0.2) is 36.9 Å². The van der Waals surface area contributed by atoms with Gasteiger partial charge in [-0.25, -0.2) is 14.2 Å². The average molecular weight is 429 g/mol. The number of halogens is 1. The number of rotatable bonds is 1. The van der Waals surface area contributed by atoms with E-state index >= 15 is 0 Å². The number of methoxy groups -OCH3 is 1. The maximum absolute atomic E-state index is 12.6. The molecule has 1 amide bonds. The van der Waals surface area contributed by atoms with Crippen molar-refractivity contribution in [3.8, 4) is 5.75 Å². The number of amides is 1. The van der Waals surface area contributed by atoms with E-state index in [1.54, 1.807) is 46.4 Å². The first kappa shape index (κ1) is 17.3. The van der Waals surface area contributed by atoms with Gasteiger partial charge in [-0.2, -0.15) is 4.57 Å². The largest absolute Gasteiger partial charge is 1.00 e. The van der Waals surface area contributed by atoms with Gasteiger partial charge in [-0.3, -0.25) is 4.90 Å².